The molecule has 1 heterocycles. The van der Waals surface area contributed by atoms with Gasteiger partial charge in [0.05, 0.1) is 12.8 Å². The average molecular weight is 268 g/mol. The van der Waals surface area contributed by atoms with Gasteiger partial charge in [-0.3, -0.25) is 0 Å². The fourth-order valence-corrected chi connectivity index (χ4v) is 1.75. The maximum absolute atomic E-state index is 10.9. The maximum Gasteiger partial charge on any atom is 0.358 e. The van der Waals surface area contributed by atoms with E-state index >= 15 is 0 Å². The Kier molecular flexibility index (Phi) is 3.20. The van der Waals surface area contributed by atoms with Gasteiger partial charge in [0.2, 0.25) is 0 Å². The maximum atomic E-state index is 10.9. The van der Waals surface area contributed by atoms with Crippen LogP contribution in [0.3, 0.4) is 0 Å². The van der Waals surface area contributed by atoms with E-state index in [4.69, 9.17) is 21.4 Å². The Morgan fingerprint density at radius 3 is 2.78 bits per heavy atom. The smallest absolute Gasteiger partial charge is 0.358 e. The third-order valence-electron chi connectivity index (χ3n) is 2.47. The zero-order chi connectivity index (χ0) is 13.3. The molecule has 1 N–H and O–H groups in total. The number of ether oxygens (including phenoxy) is 1. The van der Waals surface area contributed by atoms with E-state index in [-0.39, 0.29) is 5.69 Å². The number of nitrogens with zero attached hydrogens (tertiary/aromatic N) is 3. The molecule has 0 aliphatic rings. The second-order valence-corrected chi connectivity index (χ2v) is 3.99. The van der Waals surface area contributed by atoms with Gasteiger partial charge in [0.25, 0.3) is 0 Å². The molecule has 2 rings (SSSR count). The van der Waals surface area contributed by atoms with Crippen molar-refractivity contribution in [2.75, 3.05) is 7.11 Å². The van der Waals surface area contributed by atoms with Crippen LogP contribution >= 0.6 is 11.6 Å². The molecule has 0 aliphatic heterocycles. The van der Waals surface area contributed by atoms with Gasteiger partial charge in [0.15, 0.2) is 5.69 Å². The van der Waals surface area contributed by atoms with E-state index in [0.29, 0.717) is 22.2 Å². The molecular formula is C11H10ClN3O3. The Morgan fingerprint density at radius 1 is 1.50 bits per heavy atom. The number of aromatic nitrogens is 3. The van der Waals surface area contributed by atoms with E-state index in [9.17, 15) is 4.79 Å². The Hall–Kier alpha value is -2.08. The third kappa shape index (κ3) is 2.02. The first-order chi connectivity index (χ1) is 8.54. The second kappa shape index (κ2) is 4.66. The van der Waals surface area contributed by atoms with E-state index in [1.807, 2.05) is 0 Å². The Balaban J connectivity index is 2.61. The molecule has 2 aromatic rings. The fourth-order valence-electron chi connectivity index (χ4n) is 1.58. The largest absolute Gasteiger partial charge is 0.494 e. The van der Waals surface area contributed by atoms with Crippen LogP contribution in [0.1, 0.15) is 16.2 Å². The lowest BCUT2D eigenvalue weighted by atomic mass is 10.2. The molecule has 94 valence electrons. The van der Waals surface area contributed by atoms with Gasteiger partial charge in [-0.15, -0.1) is 5.10 Å². The van der Waals surface area contributed by atoms with Gasteiger partial charge in [-0.1, -0.05) is 16.8 Å². The van der Waals surface area contributed by atoms with Gasteiger partial charge >= 0.3 is 5.97 Å². The molecular weight excluding hydrogens is 258 g/mol. The van der Waals surface area contributed by atoms with Gasteiger partial charge in [-0.2, -0.15) is 0 Å². The number of aromatic carboxylic acids is 1. The summed E-state index contributed by atoms with van der Waals surface area (Å²) in [4.78, 5) is 10.9. The zero-order valence-corrected chi connectivity index (χ0v) is 10.5. The standard InChI is InChI=1S/C11H10ClN3O3/c1-6-10(11(16)17)13-14-15(6)8-5-7(12)3-4-9(8)18-2/h3-5H,1-2H3,(H,16,17). The second-order valence-electron chi connectivity index (χ2n) is 3.56. The first-order valence-corrected chi connectivity index (χ1v) is 5.42. The summed E-state index contributed by atoms with van der Waals surface area (Å²) in [5.74, 6) is -0.593. The van der Waals surface area contributed by atoms with Crippen LogP contribution in [0.25, 0.3) is 5.69 Å². The number of carboxylic acids is 1. The lowest BCUT2D eigenvalue weighted by Gasteiger charge is -2.09. The highest BCUT2D eigenvalue weighted by Crippen LogP contribution is 2.27. The number of benzene rings is 1. The SMILES string of the molecule is COc1ccc(Cl)cc1-n1nnc(C(=O)O)c1C. The summed E-state index contributed by atoms with van der Waals surface area (Å²) in [5, 5.41) is 16.8. The summed E-state index contributed by atoms with van der Waals surface area (Å²) < 4.78 is 6.57. The first kappa shape index (κ1) is 12.4. The number of methoxy groups -OCH3 is 1. The Bertz CT molecular complexity index is 610. The van der Waals surface area contributed by atoms with E-state index in [0.717, 1.165) is 0 Å². The van der Waals surface area contributed by atoms with E-state index in [2.05, 4.69) is 10.3 Å². The molecule has 0 amide bonds. The van der Waals surface area contributed by atoms with Gasteiger partial charge in [0, 0.05) is 5.02 Å². The van der Waals surface area contributed by atoms with Crippen molar-refractivity contribution in [1.29, 1.82) is 0 Å². The molecule has 1 aromatic heterocycles. The number of rotatable bonds is 3. The molecule has 6 nitrogen and oxygen atoms in total. The van der Waals surface area contributed by atoms with E-state index in [1.54, 1.807) is 25.1 Å². The molecule has 0 bridgehead atoms. The lowest BCUT2D eigenvalue weighted by molar-refractivity contribution is 0.0689. The predicted molar refractivity (Wildman–Crippen MR) is 64.6 cm³/mol. The summed E-state index contributed by atoms with van der Waals surface area (Å²) in [6.45, 7) is 1.61. The molecule has 0 aliphatic carbocycles. The molecule has 1 aromatic carbocycles. The summed E-state index contributed by atoms with van der Waals surface area (Å²) in [6, 6.07) is 4.99. The van der Waals surface area contributed by atoms with Crippen molar-refractivity contribution >= 4 is 17.6 Å². The molecule has 0 fully saturated rings. The molecule has 0 unspecified atom stereocenters. The highest BCUT2D eigenvalue weighted by atomic mass is 35.5. The predicted octanol–water partition coefficient (Wildman–Crippen LogP) is 1.94. The van der Waals surface area contributed by atoms with Crippen molar-refractivity contribution in [3.8, 4) is 11.4 Å². The first-order valence-electron chi connectivity index (χ1n) is 5.04. The van der Waals surface area contributed by atoms with Crippen molar-refractivity contribution in [2.45, 2.75) is 6.92 Å². The minimum absolute atomic E-state index is 0.1000. The van der Waals surface area contributed by atoms with Crippen molar-refractivity contribution in [3.05, 3.63) is 34.6 Å². The quantitative estimate of drug-likeness (QED) is 0.919. The van der Waals surface area contributed by atoms with Crippen LogP contribution in [0.5, 0.6) is 5.75 Å². The Morgan fingerprint density at radius 2 is 2.22 bits per heavy atom. The zero-order valence-electron chi connectivity index (χ0n) is 9.72. The summed E-state index contributed by atoms with van der Waals surface area (Å²) in [5.41, 5.74) is 0.850. The lowest BCUT2D eigenvalue weighted by Crippen LogP contribution is -2.04. The van der Waals surface area contributed by atoms with Crippen LogP contribution in [0.2, 0.25) is 5.02 Å². The van der Waals surface area contributed by atoms with Gasteiger partial charge < -0.3 is 9.84 Å². The number of hydrogen-bond acceptors (Lipinski definition) is 4. The van der Waals surface area contributed by atoms with Crippen LogP contribution in [-0.2, 0) is 0 Å². The van der Waals surface area contributed by atoms with Crippen LogP contribution in [-0.4, -0.2) is 33.2 Å². The van der Waals surface area contributed by atoms with E-state index in [1.165, 1.54) is 11.8 Å². The van der Waals surface area contributed by atoms with E-state index < -0.39 is 5.97 Å². The highest BCUT2D eigenvalue weighted by Gasteiger charge is 2.18. The molecule has 0 spiro atoms. The molecule has 0 atom stereocenters. The number of carboxylic acid groups (broad SMARTS) is 1. The van der Waals surface area contributed by atoms with Crippen LogP contribution in [0.15, 0.2) is 18.2 Å². The van der Waals surface area contributed by atoms with Gasteiger partial charge in [-0.05, 0) is 25.1 Å². The number of hydrogen-bond donors (Lipinski definition) is 1. The summed E-state index contributed by atoms with van der Waals surface area (Å²) in [6.07, 6.45) is 0. The monoisotopic (exact) mass is 267 g/mol. The minimum atomic E-state index is -1.13. The third-order valence-corrected chi connectivity index (χ3v) is 2.70. The van der Waals surface area contributed by atoms with Gasteiger partial charge in [-0.25, -0.2) is 9.48 Å². The number of halogens is 1. The van der Waals surface area contributed by atoms with Crippen LogP contribution < -0.4 is 4.74 Å². The van der Waals surface area contributed by atoms with Crippen molar-refractivity contribution in [2.24, 2.45) is 0 Å². The average Bonchev–Trinajstić information content (AvgIpc) is 2.71. The summed E-state index contributed by atoms with van der Waals surface area (Å²) in [7, 11) is 1.51. The van der Waals surface area contributed by atoms with Crippen molar-refractivity contribution in [3.63, 3.8) is 0 Å². The fraction of sp³-hybridized carbons (Fsp3) is 0.182. The normalized spacial score (nSPS) is 10.4. The highest BCUT2D eigenvalue weighted by molar-refractivity contribution is 6.30. The topological polar surface area (TPSA) is 77.2 Å². The summed E-state index contributed by atoms with van der Waals surface area (Å²) >= 11 is 5.91. The molecule has 18 heavy (non-hydrogen) atoms. The molecule has 7 heteroatoms. The van der Waals surface area contributed by atoms with Crippen LogP contribution in [0, 0.1) is 6.92 Å². The minimum Gasteiger partial charge on any atom is -0.494 e. The molecule has 0 saturated carbocycles. The molecule has 0 saturated heterocycles. The Labute approximate surface area is 108 Å². The molecule has 0 radical (unpaired) electrons. The number of carbonyl (C=O) groups is 1. The van der Waals surface area contributed by atoms with Crippen molar-refractivity contribution in [1.82, 2.24) is 15.0 Å². The van der Waals surface area contributed by atoms with Crippen molar-refractivity contribution < 1.29 is 14.6 Å². The van der Waals surface area contributed by atoms with Crippen LogP contribution in [0.4, 0.5) is 0 Å². The van der Waals surface area contributed by atoms with Gasteiger partial charge in [0.1, 0.15) is 11.4 Å².